The number of nitrogens with two attached hydrogens (primary N) is 2. The standard InChI is InChI=1S/C4H7N3O/c5-1-3(2-6)4(7)8/h1-2,5H,6H2,(H2,7,8)/b3-2-,5-1?. The molecule has 0 aromatic heterocycles. The van der Waals surface area contributed by atoms with Crippen molar-refractivity contribution in [2.24, 2.45) is 11.5 Å². The molecule has 0 radical (unpaired) electrons. The minimum atomic E-state index is -0.678. The number of hydrogen-bond acceptors (Lipinski definition) is 3. The number of nitrogens with one attached hydrogen (secondary N) is 1. The third kappa shape index (κ3) is 1.42. The molecule has 0 unspecified atom stereocenters. The van der Waals surface area contributed by atoms with Crippen LogP contribution in [0.2, 0.25) is 0 Å². The molecule has 0 spiro atoms. The van der Waals surface area contributed by atoms with Gasteiger partial charge in [0.1, 0.15) is 0 Å². The van der Waals surface area contributed by atoms with Crippen LogP contribution < -0.4 is 11.5 Å². The number of primary amides is 1. The third-order valence-corrected chi connectivity index (χ3v) is 0.620. The molecule has 0 aromatic carbocycles. The summed E-state index contributed by atoms with van der Waals surface area (Å²) in [6.45, 7) is 0. The van der Waals surface area contributed by atoms with Crippen molar-refractivity contribution in [3.63, 3.8) is 0 Å². The van der Waals surface area contributed by atoms with Crippen LogP contribution in [0, 0.1) is 5.41 Å². The first-order valence-corrected chi connectivity index (χ1v) is 1.94. The highest BCUT2D eigenvalue weighted by molar-refractivity contribution is 6.10. The first kappa shape index (κ1) is 6.68. The van der Waals surface area contributed by atoms with E-state index in [4.69, 9.17) is 16.9 Å². The van der Waals surface area contributed by atoms with Gasteiger partial charge in [-0.15, -0.1) is 0 Å². The van der Waals surface area contributed by atoms with Crippen LogP contribution in [0.4, 0.5) is 0 Å². The summed E-state index contributed by atoms with van der Waals surface area (Å²) in [5.41, 5.74) is 9.61. The number of amides is 1. The zero-order valence-electron chi connectivity index (χ0n) is 4.22. The zero-order valence-corrected chi connectivity index (χ0v) is 4.22. The Morgan fingerprint density at radius 1 is 1.62 bits per heavy atom. The lowest BCUT2D eigenvalue weighted by Gasteiger charge is -1.86. The molecule has 0 saturated carbocycles. The van der Waals surface area contributed by atoms with E-state index in [-0.39, 0.29) is 5.57 Å². The molecule has 0 aliphatic rings. The lowest BCUT2D eigenvalue weighted by Crippen LogP contribution is -2.15. The molecular weight excluding hydrogens is 106 g/mol. The van der Waals surface area contributed by atoms with Crippen LogP contribution in [0.15, 0.2) is 11.8 Å². The average molecular weight is 113 g/mol. The summed E-state index contributed by atoms with van der Waals surface area (Å²) >= 11 is 0. The van der Waals surface area contributed by atoms with Crippen LogP contribution in [0.3, 0.4) is 0 Å². The topological polar surface area (TPSA) is 93.0 Å². The molecule has 4 nitrogen and oxygen atoms in total. The Kier molecular flexibility index (Phi) is 2.33. The van der Waals surface area contributed by atoms with Crippen molar-refractivity contribution in [2.45, 2.75) is 0 Å². The van der Waals surface area contributed by atoms with Gasteiger partial charge in [0.05, 0.1) is 5.57 Å². The Labute approximate surface area is 46.7 Å². The maximum atomic E-state index is 10.1. The van der Waals surface area contributed by atoms with Gasteiger partial charge in [0, 0.05) is 12.4 Å². The molecule has 0 saturated heterocycles. The SMILES string of the molecule is N=C/C(=C/N)C(N)=O. The fourth-order valence-electron chi connectivity index (χ4n) is 0.201. The van der Waals surface area contributed by atoms with Crippen molar-refractivity contribution in [1.29, 1.82) is 5.41 Å². The normalized spacial score (nSPS) is 10.8. The molecule has 1 amide bonds. The van der Waals surface area contributed by atoms with E-state index in [1.54, 1.807) is 0 Å². The van der Waals surface area contributed by atoms with Crippen LogP contribution in [-0.2, 0) is 4.79 Å². The molecule has 0 heterocycles. The van der Waals surface area contributed by atoms with Crippen molar-refractivity contribution in [1.82, 2.24) is 0 Å². The predicted molar refractivity (Wildman–Crippen MR) is 30.2 cm³/mol. The number of carbonyl (C=O) groups is 1. The molecule has 0 aliphatic heterocycles. The molecule has 0 atom stereocenters. The lowest BCUT2D eigenvalue weighted by atomic mass is 10.3. The first-order valence-electron chi connectivity index (χ1n) is 1.94. The van der Waals surface area contributed by atoms with Crippen LogP contribution in [0.5, 0.6) is 0 Å². The number of rotatable bonds is 2. The zero-order chi connectivity index (χ0) is 6.57. The Balaban J connectivity index is 4.13. The van der Waals surface area contributed by atoms with Gasteiger partial charge in [0.25, 0.3) is 5.91 Å². The molecule has 0 fully saturated rings. The van der Waals surface area contributed by atoms with E-state index in [9.17, 15) is 4.79 Å². The third-order valence-electron chi connectivity index (χ3n) is 0.620. The Hall–Kier alpha value is -1.32. The largest absolute Gasteiger partial charge is 0.404 e. The maximum Gasteiger partial charge on any atom is 0.251 e. The van der Waals surface area contributed by atoms with Crippen molar-refractivity contribution in [2.75, 3.05) is 0 Å². The van der Waals surface area contributed by atoms with E-state index < -0.39 is 5.91 Å². The molecule has 4 heteroatoms. The van der Waals surface area contributed by atoms with Gasteiger partial charge in [0.2, 0.25) is 0 Å². The monoisotopic (exact) mass is 113 g/mol. The van der Waals surface area contributed by atoms with Gasteiger partial charge in [-0.2, -0.15) is 0 Å². The fourth-order valence-corrected chi connectivity index (χ4v) is 0.201. The van der Waals surface area contributed by atoms with Gasteiger partial charge < -0.3 is 16.9 Å². The highest BCUT2D eigenvalue weighted by Gasteiger charge is 1.95. The molecule has 0 aliphatic carbocycles. The van der Waals surface area contributed by atoms with Crippen LogP contribution in [-0.4, -0.2) is 12.1 Å². The number of hydrogen-bond donors (Lipinski definition) is 3. The van der Waals surface area contributed by atoms with Gasteiger partial charge in [-0.3, -0.25) is 4.79 Å². The van der Waals surface area contributed by atoms with Gasteiger partial charge in [-0.05, 0) is 0 Å². The second-order valence-electron chi connectivity index (χ2n) is 1.13. The summed E-state index contributed by atoms with van der Waals surface area (Å²) in [7, 11) is 0. The van der Waals surface area contributed by atoms with E-state index in [1.807, 2.05) is 0 Å². The van der Waals surface area contributed by atoms with E-state index in [0.29, 0.717) is 0 Å². The van der Waals surface area contributed by atoms with Crippen molar-refractivity contribution in [3.8, 4) is 0 Å². The van der Waals surface area contributed by atoms with Crippen LogP contribution in [0.25, 0.3) is 0 Å². The van der Waals surface area contributed by atoms with Crippen molar-refractivity contribution < 1.29 is 4.79 Å². The van der Waals surface area contributed by atoms with E-state index in [1.165, 1.54) is 0 Å². The van der Waals surface area contributed by atoms with Crippen molar-refractivity contribution in [3.05, 3.63) is 11.8 Å². The van der Waals surface area contributed by atoms with Gasteiger partial charge in [-0.25, -0.2) is 0 Å². The van der Waals surface area contributed by atoms with Gasteiger partial charge >= 0.3 is 0 Å². The minimum absolute atomic E-state index is 0.0185. The molecule has 8 heavy (non-hydrogen) atoms. The summed E-state index contributed by atoms with van der Waals surface area (Å²) < 4.78 is 0. The molecule has 0 rings (SSSR count). The number of carbonyl (C=O) groups excluding carboxylic acids is 1. The molecular formula is C4H7N3O. The Bertz CT molecular complexity index is 138. The molecule has 0 bridgehead atoms. The van der Waals surface area contributed by atoms with Crippen molar-refractivity contribution >= 4 is 12.1 Å². The highest BCUT2D eigenvalue weighted by Crippen LogP contribution is 1.80. The summed E-state index contributed by atoms with van der Waals surface area (Å²) in [5, 5.41) is 6.52. The smallest absolute Gasteiger partial charge is 0.251 e. The van der Waals surface area contributed by atoms with E-state index in [0.717, 1.165) is 12.4 Å². The summed E-state index contributed by atoms with van der Waals surface area (Å²) in [5.74, 6) is -0.678. The highest BCUT2D eigenvalue weighted by atomic mass is 16.1. The average Bonchev–Trinajstić information content (AvgIpc) is 1.69. The van der Waals surface area contributed by atoms with Crippen LogP contribution >= 0.6 is 0 Å². The molecule has 5 N–H and O–H groups in total. The summed E-state index contributed by atoms with van der Waals surface area (Å²) in [4.78, 5) is 10.1. The van der Waals surface area contributed by atoms with E-state index >= 15 is 0 Å². The van der Waals surface area contributed by atoms with E-state index in [2.05, 4.69) is 0 Å². The fraction of sp³-hybridized carbons (Fsp3) is 0. The summed E-state index contributed by atoms with van der Waals surface area (Å²) in [6, 6.07) is 0. The lowest BCUT2D eigenvalue weighted by molar-refractivity contribution is -0.114. The Morgan fingerprint density at radius 2 is 2.12 bits per heavy atom. The second-order valence-corrected chi connectivity index (χ2v) is 1.13. The maximum absolute atomic E-state index is 10.1. The Morgan fingerprint density at radius 3 is 2.12 bits per heavy atom. The quantitative estimate of drug-likeness (QED) is 0.315. The molecule has 0 aromatic rings. The van der Waals surface area contributed by atoms with Crippen LogP contribution in [0.1, 0.15) is 0 Å². The second kappa shape index (κ2) is 2.79. The first-order chi connectivity index (χ1) is 3.72. The summed E-state index contributed by atoms with van der Waals surface area (Å²) in [6.07, 6.45) is 1.80. The molecule has 44 valence electrons. The van der Waals surface area contributed by atoms with Gasteiger partial charge in [-0.1, -0.05) is 0 Å². The predicted octanol–water partition coefficient (Wildman–Crippen LogP) is -1.04. The minimum Gasteiger partial charge on any atom is -0.404 e. The van der Waals surface area contributed by atoms with Gasteiger partial charge in [0.15, 0.2) is 0 Å².